The number of anilines is 1. The van der Waals surface area contributed by atoms with E-state index in [1.165, 1.54) is 12.1 Å². The molecular formula is C13H14FN3O. The van der Waals surface area contributed by atoms with Gasteiger partial charge in [-0.3, -0.25) is 4.79 Å². The van der Waals surface area contributed by atoms with E-state index in [4.69, 9.17) is 11.0 Å². The summed E-state index contributed by atoms with van der Waals surface area (Å²) in [5.41, 5.74) is 5.69. The van der Waals surface area contributed by atoms with Crippen molar-refractivity contribution in [2.45, 2.75) is 31.5 Å². The lowest BCUT2D eigenvalue weighted by Crippen LogP contribution is -2.43. The lowest BCUT2D eigenvalue weighted by molar-refractivity contribution is 0.0998. The summed E-state index contributed by atoms with van der Waals surface area (Å²) in [5.74, 6) is -0.646. The molecule has 1 saturated carbocycles. The maximum Gasteiger partial charge on any atom is 0.249 e. The van der Waals surface area contributed by atoms with Gasteiger partial charge >= 0.3 is 0 Å². The van der Waals surface area contributed by atoms with Gasteiger partial charge in [0.25, 0.3) is 0 Å². The minimum Gasteiger partial charge on any atom is -0.367 e. The van der Waals surface area contributed by atoms with Crippen LogP contribution in [0.3, 0.4) is 0 Å². The summed E-state index contributed by atoms with van der Waals surface area (Å²) >= 11 is 0. The summed E-state index contributed by atoms with van der Waals surface area (Å²) in [6.45, 7) is -0.757. The molecule has 1 aliphatic carbocycles. The Morgan fingerprint density at radius 3 is 2.72 bits per heavy atom. The molecule has 3 N–H and O–H groups in total. The molecule has 0 bridgehead atoms. The number of carbonyl (C=O) groups excluding carboxylic acids is 1. The second kappa shape index (κ2) is 4.65. The molecule has 0 aliphatic heterocycles. The van der Waals surface area contributed by atoms with Crippen molar-refractivity contribution < 1.29 is 9.18 Å². The molecule has 0 unspecified atom stereocenters. The summed E-state index contributed by atoms with van der Waals surface area (Å²) in [6.07, 6.45) is 2.58. The molecule has 0 heterocycles. The van der Waals surface area contributed by atoms with Crippen molar-refractivity contribution in [2.24, 2.45) is 5.73 Å². The van der Waals surface area contributed by atoms with E-state index in [0.717, 1.165) is 19.3 Å². The fraction of sp³-hybridized carbons (Fsp3) is 0.385. The van der Waals surface area contributed by atoms with Crippen molar-refractivity contribution in [1.29, 1.82) is 5.26 Å². The van der Waals surface area contributed by atoms with E-state index < -0.39 is 18.1 Å². The van der Waals surface area contributed by atoms with Gasteiger partial charge in [0.15, 0.2) is 0 Å². The van der Waals surface area contributed by atoms with Crippen LogP contribution in [0.15, 0.2) is 18.2 Å². The Morgan fingerprint density at radius 2 is 2.28 bits per heavy atom. The van der Waals surface area contributed by atoms with E-state index in [2.05, 4.69) is 11.4 Å². The summed E-state index contributed by atoms with van der Waals surface area (Å²) in [6, 6.07) is 6.92. The number of nitrogens with two attached hydrogens (primary N) is 1. The lowest BCUT2D eigenvalue weighted by atomic mass is 9.78. The first kappa shape index (κ1) is 12.4. The number of nitrogens with one attached hydrogen (secondary N) is 1. The number of halogens is 1. The lowest BCUT2D eigenvalue weighted by Gasteiger charge is -2.36. The van der Waals surface area contributed by atoms with Gasteiger partial charge in [0.05, 0.1) is 6.07 Å². The molecule has 5 heteroatoms. The average molecular weight is 247 g/mol. The number of carbonyl (C=O) groups is 1. The van der Waals surface area contributed by atoms with Gasteiger partial charge in [-0.15, -0.1) is 0 Å². The molecule has 18 heavy (non-hydrogen) atoms. The number of benzene rings is 1. The number of alkyl halides is 1. The minimum absolute atomic E-state index is 0.183. The van der Waals surface area contributed by atoms with Crippen molar-refractivity contribution >= 4 is 11.6 Å². The molecule has 1 fully saturated rings. The van der Waals surface area contributed by atoms with E-state index >= 15 is 0 Å². The van der Waals surface area contributed by atoms with Crippen molar-refractivity contribution in [1.82, 2.24) is 0 Å². The van der Waals surface area contributed by atoms with Crippen LogP contribution in [0.2, 0.25) is 0 Å². The van der Waals surface area contributed by atoms with Crippen LogP contribution < -0.4 is 11.1 Å². The third-order valence-electron chi connectivity index (χ3n) is 3.32. The normalized spacial score (nSPS) is 16.4. The Kier molecular flexibility index (Phi) is 3.19. The quantitative estimate of drug-likeness (QED) is 0.855. The van der Waals surface area contributed by atoms with Crippen LogP contribution in [0.5, 0.6) is 0 Å². The molecular weight excluding hydrogens is 233 g/mol. The van der Waals surface area contributed by atoms with Crippen molar-refractivity contribution in [2.75, 3.05) is 5.32 Å². The molecule has 4 nitrogen and oxygen atoms in total. The van der Waals surface area contributed by atoms with Crippen molar-refractivity contribution in [3.05, 3.63) is 29.3 Å². The number of hydrogen-bond donors (Lipinski definition) is 2. The highest BCUT2D eigenvalue weighted by Gasteiger charge is 2.37. The van der Waals surface area contributed by atoms with E-state index in [9.17, 15) is 9.18 Å². The van der Waals surface area contributed by atoms with Gasteiger partial charge in [-0.2, -0.15) is 5.26 Å². The van der Waals surface area contributed by atoms with E-state index in [0.29, 0.717) is 5.69 Å². The zero-order valence-corrected chi connectivity index (χ0v) is 9.87. The third kappa shape index (κ3) is 2.14. The Morgan fingerprint density at radius 1 is 1.56 bits per heavy atom. The minimum atomic E-state index is -0.757. The highest BCUT2D eigenvalue weighted by Crippen LogP contribution is 2.35. The largest absolute Gasteiger partial charge is 0.367 e. The van der Waals surface area contributed by atoms with Crippen LogP contribution in [0.4, 0.5) is 10.1 Å². The van der Waals surface area contributed by atoms with E-state index in [1.54, 1.807) is 6.07 Å². The fourth-order valence-corrected chi connectivity index (χ4v) is 2.09. The Balaban J connectivity index is 2.25. The molecule has 1 aromatic rings. The maximum atomic E-state index is 12.8. The van der Waals surface area contributed by atoms with Gasteiger partial charge < -0.3 is 11.1 Å². The number of primary amides is 1. The van der Waals surface area contributed by atoms with Crippen molar-refractivity contribution in [3.63, 3.8) is 0 Å². The van der Waals surface area contributed by atoms with Gasteiger partial charge in [0, 0.05) is 11.3 Å². The van der Waals surface area contributed by atoms with Gasteiger partial charge in [-0.1, -0.05) is 0 Å². The van der Waals surface area contributed by atoms with Crippen molar-refractivity contribution in [3.8, 4) is 6.07 Å². The number of rotatable bonds is 4. The molecule has 0 aromatic heterocycles. The van der Waals surface area contributed by atoms with E-state index in [1.807, 2.05) is 0 Å². The van der Waals surface area contributed by atoms with Crippen LogP contribution in [-0.4, -0.2) is 11.4 Å². The molecule has 1 amide bonds. The number of amides is 1. The summed E-state index contributed by atoms with van der Waals surface area (Å²) < 4.78 is 12.8. The van der Waals surface area contributed by atoms with E-state index in [-0.39, 0.29) is 11.1 Å². The number of hydrogen-bond acceptors (Lipinski definition) is 3. The third-order valence-corrected chi connectivity index (χ3v) is 3.32. The monoisotopic (exact) mass is 247 g/mol. The second-order valence-electron chi connectivity index (χ2n) is 4.54. The predicted octanol–water partition coefficient (Wildman–Crippen LogP) is 2.11. The molecule has 94 valence electrons. The van der Waals surface area contributed by atoms with Gasteiger partial charge in [-0.25, -0.2) is 4.39 Å². The topological polar surface area (TPSA) is 78.9 Å². The average Bonchev–Trinajstić information content (AvgIpc) is 2.33. The Labute approximate surface area is 105 Å². The molecule has 0 saturated heterocycles. The SMILES string of the molecule is N#CC1(Nc2ccc(C(N)=O)c(CF)c2)CCC1. The molecule has 1 aliphatic rings. The first-order valence-electron chi connectivity index (χ1n) is 5.78. The first-order valence-corrected chi connectivity index (χ1v) is 5.78. The highest BCUT2D eigenvalue weighted by molar-refractivity contribution is 5.94. The summed E-state index contributed by atoms with van der Waals surface area (Å²) in [4.78, 5) is 11.1. The van der Waals surface area contributed by atoms with Crippen LogP contribution in [0, 0.1) is 11.3 Å². The predicted molar refractivity (Wildman–Crippen MR) is 65.6 cm³/mol. The van der Waals surface area contributed by atoms with Crippen LogP contribution in [0.1, 0.15) is 35.2 Å². The number of nitrogens with zero attached hydrogens (tertiary/aromatic N) is 1. The second-order valence-corrected chi connectivity index (χ2v) is 4.54. The molecule has 0 spiro atoms. The number of nitriles is 1. The first-order chi connectivity index (χ1) is 8.60. The zero-order valence-electron chi connectivity index (χ0n) is 9.87. The maximum absolute atomic E-state index is 12.8. The smallest absolute Gasteiger partial charge is 0.249 e. The van der Waals surface area contributed by atoms with Crippen LogP contribution >= 0.6 is 0 Å². The van der Waals surface area contributed by atoms with Crippen LogP contribution in [0.25, 0.3) is 0 Å². The molecule has 0 atom stereocenters. The van der Waals surface area contributed by atoms with Crippen LogP contribution in [-0.2, 0) is 6.67 Å². The molecule has 0 radical (unpaired) electrons. The fourth-order valence-electron chi connectivity index (χ4n) is 2.09. The van der Waals surface area contributed by atoms with Gasteiger partial charge in [0.2, 0.25) is 5.91 Å². The Hall–Kier alpha value is -2.09. The molecule has 2 rings (SSSR count). The molecule has 1 aromatic carbocycles. The van der Waals surface area contributed by atoms with Gasteiger partial charge in [-0.05, 0) is 43.0 Å². The summed E-state index contributed by atoms with van der Waals surface area (Å²) in [7, 11) is 0. The standard InChI is InChI=1S/C13H14FN3O/c14-7-9-6-10(2-3-11(9)12(16)18)17-13(8-15)4-1-5-13/h2-3,6,17H,1,4-5,7H2,(H2,16,18). The zero-order chi connectivity index (χ0) is 13.2. The summed E-state index contributed by atoms with van der Waals surface area (Å²) in [5, 5.41) is 12.2. The Bertz CT molecular complexity index is 517. The van der Waals surface area contributed by atoms with Gasteiger partial charge in [0.1, 0.15) is 12.2 Å². The highest BCUT2D eigenvalue weighted by atomic mass is 19.1.